The fraction of sp³-hybridized carbons (Fsp3) is 0.500. The minimum Gasteiger partial charge on any atom is -0.465 e. The first-order valence-corrected chi connectivity index (χ1v) is 5.64. The molecule has 1 saturated heterocycles. The number of aliphatic hydroxyl groups is 1. The van der Waals surface area contributed by atoms with Crippen LogP contribution in [0.15, 0.2) is 18.5 Å². The number of nitrogens with zero attached hydrogens (tertiary/aromatic N) is 2. The molecule has 1 aromatic heterocycles. The highest BCUT2D eigenvalue weighted by Gasteiger charge is 2.51. The summed E-state index contributed by atoms with van der Waals surface area (Å²) in [6.07, 6.45) is 0.767. The summed E-state index contributed by atoms with van der Waals surface area (Å²) in [5, 5.41) is 19.2. The van der Waals surface area contributed by atoms with E-state index in [0.717, 1.165) is 6.20 Å². The predicted octanol–water partition coefficient (Wildman–Crippen LogP) is 1.78. The van der Waals surface area contributed by atoms with Crippen molar-refractivity contribution in [2.45, 2.75) is 38.0 Å². The molecule has 1 aliphatic rings. The minimum atomic E-state index is -1.08. The van der Waals surface area contributed by atoms with E-state index in [4.69, 9.17) is 5.11 Å². The Labute approximate surface area is 104 Å². The molecule has 1 unspecified atom stereocenters. The number of aromatic nitrogens is 1. The Kier molecular flexibility index (Phi) is 2.98. The second kappa shape index (κ2) is 4.20. The normalized spacial score (nSPS) is 23.3. The first kappa shape index (κ1) is 12.8. The molecule has 2 atom stereocenters. The van der Waals surface area contributed by atoms with Gasteiger partial charge in [0.1, 0.15) is 11.9 Å². The first-order valence-electron chi connectivity index (χ1n) is 5.64. The van der Waals surface area contributed by atoms with Crippen molar-refractivity contribution in [3.8, 4) is 0 Å². The number of amides is 1. The van der Waals surface area contributed by atoms with Crippen LogP contribution in [-0.2, 0) is 0 Å². The van der Waals surface area contributed by atoms with E-state index in [9.17, 15) is 14.3 Å². The zero-order chi connectivity index (χ0) is 13.5. The van der Waals surface area contributed by atoms with Gasteiger partial charge < -0.3 is 10.2 Å². The Morgan fingerprint density at radius 1 is 1.61 bits per heavy atom. The Balaban J connectivity index is 2.20. The molecule has 0 radical (unpaired) electrons. The van der Waals surface area contributed by atoms with Crippen LogP contribution in [0.25, 0.3) is 0 Å². The summed E-state index contributed by atoms with van der Waals surface area (Å²) in [5.41, 5.74) is -0.208. The average molecular weight is 254 g/mol. The average Bonchev–Trinajstić information content (AvgIpc) is 2.24. The van der Waals surface area contributed by atoms with Crippen LogP contribution in [-0.4, -0.2) is 37.8 Å². The molecule has 2 rings (SSSR count). The molecule has 18 heavy (non-hydrogen) atoms. The largest absolute Gasteiger partial charge is 0.465 e. The van der Waals surface area contributed by atoms with Crippen molar-refractivity contribution in [1.29, 1.82) is 0 Å². The van der Waals surface area contributed by atoms with E-state index in [-0.39, 0.29) is 0 Å². The number of hydrogen-bond acceptors (Lipinski definition) is 3. The van der Waals surface area contributed by atoms with Gasteiger partial charge >= 0.3 is 6.09 Å². The topological polar surface area (TPSA) is 73.7 Å². The van der Waals surface area contributed by atoms with Crippen LogP contribution in [0.3, 0.4) is 0 Å². The second-order valence-corrected chi connectivity index (χ2v) is 5.12. The zero-order valence-electron chi connectivity index (χ0n) is 10.2. The summed E-state index contributed by atoms with van der Waals surface area (Å²) in [7, 11) is 0. The van der Waals surface area contributed by atoms with Crippen LogP contribution >= 0.6 is 0 Å². The van der Waals surface area contributed by atoms with E-state index in [2.05, 4.69) is 4.98 Å². The minimum absolute atomic E-state index is 0.293. The maximum absolute atomic E-state index is 13.0. The predicted molar refractivity (Wildman–Crippen MR) is 61.5 cm³/mol. The van der Waals surface area contributed by atoms with Gasteiger partial charge in [-0.25, -0.2) is 9.18 Å². The van der Waals surface area contributed by atoms with E-state index in [0.29, 0.717) is 12.0 Å². The van der Waals surface area contributed by atoms with Gasteiger partial charge in [-0.05, 0) is 26.3 Å². The number of likely N-dealkylation sites (tertiary alicyclic amines) is 1. The van der Waals surface area contributed by atoms with Gasteiger partial charge in [0.25, 0.3) is 0 Å². The summed E-state index contributed by atoms with van der Waals surface area (Å²) in [4.78, 5) is 16.0. The Morgan fingerprint density at radius 3 is 2.78 bits per heavy atom. The SMILES string of the molecule is CC1(C)CC([C@H](O)c2cncc(F)c2)N1C(=O)O. The molecule has 2 N–H and O–H groups in total. The molecule has 5 nitrogen and oxygen atoms in total. The third-order valence-electron chi connectivity index (χ3n) is 3.33. The van der Waals surface area contributed by atoms with Gasteiger partial charge in [-0.15, -0.1) is 0 Å². The Hall–Kier alpha value is -1.69. The summed E-state index contributed by atoms with van der Waals surface area (Å²) in [5.74, 6) is -0.549. The Morgan fingerprint density at radius 2 is 2.28 bits per heavy atom. The summed E-state index contributed by atoms with van der Waals surface area (Å²) >= 11 is 0. The lowest BCUT2D eigenvalue weighted by molar-refractivity contribution is -0.0853. The molecular formula is C12H15FN2O3. The van der Waals surface area contributed by atoms with Crippen LogP contribution in [0, 0.1) is 5.82 Å². The van der Waals surface area contributed by atoms with Gasteiger partial charge in [0, 0.05) is 17.3 Å². The van der Waals surface area contributed by atoms with Crippen LogP contribution in [0.5, 0.6) is 0 Å². The van der Waals surface area contributed by atoms with Crippen molar-refractivity contribution in [3.63, 3.8) is 0 Å². The molecule has 98 valence electrons. The van der Waals surface area contributed by atoms with E-state index in [1.54, 1.807) is 13.8 Å². The number of hydrogen-bond donors (Lipinski definition) is 2. The first-order chi connectivity index (χ1) is 8.33. The fourth-order valence-corrected chi connectivity index (χ4v) is 2.50. The van der Waals surface area contributed by atoms with Crippen LogP contribution in [0.1, 0.15) is 31.9 Å². The summed E-state index contributed by atoms with van der Waals surface area (Å²) < 4.78 is 13.0. The monoisotopic (exact) mass is 254 g/mol. The summed E-state index contributed by atoms with van der Waals surface area (Å²) in [6.45, 7) is 3.57. The molecule has 6 heteroatoms. The van der Waals surface area contributed by atoms with Crippen molar-refractivity contribution in [2.75, 3.05) is 0 Å². The van der Waals surface area contributed by atoms with Crippen molar-refractivity contribution in [3.05, 3.63) is 29.8 Å². The van der Waals surface area contributed by atoms with E-state index in [1.165, 1.54) is 17.2 Å². The maximum atomic E-state index is 13.0. The number of rotatable bonds is 2. The van der Waals surface area contributed by atoms with E-state index in [1.807, 2.05) is 0 Å². The molecule has 1 aliphatic heterocycles. The van der Waals surface area contributed by atoms with E-state index >= 15 is 0 Å². The molecule has 0 spiro atoms. The van der Waals surface area contributed by atoms with Crippen molar-refractivity contribution in [2.24, 2.45) is 0 Å². The highest BCUT2D eigenvalue weighted by molar-refractivity contribution is 5.68. The van der Waals surface area contributed by atoms with Gasteiger partial charge in [-0.3, -0.25) is 9.88 Å². The molecule has 1 aromatic rings. The second-order valence-electron chi connectivity index (χ2n) is 5.12. The molecular weight excluding hydrogens is 239 g/mol. The third-order valence-corrected chi connectivity index (χ3v) is 3.33. The van der Waals surface area contributed by atoms with Crippen molar-refractivity contribution in [1.82, 2.24) is 9.88 Å². The lowest BCUT2D eigenvalue weighted by Crippen LogP contribution is -2.66. The van der Waals surface area contributed by atoms with E-state index < -0.39 is 29.6 Å². The fourth-order valence-electron chi connectivity index (χ4n) is 2.50. The Bertz CT molecular complexity index is 478. The van der Waals surface area contributed by atoms with Crippen LogP contribution in [0.4, 0.5) is 9.18 Å². The van der Waals surface area contributed by atoms with Gasteiger partial charge in [0.05, 0.1) is 12.2 Å². The van der Waals surface area contributed by atoms with Crippen molar-refractivity contribution < 1.29 is 19.4 Å². The number of carbonyl (C=O) groups is 1. The van der Waals surface area contributed by atoms with Crippen LogP contribution < -0.4 is 0 Å². The highest BCUT2D eigenvalue weighted by atomic mass is 19.1. The lowest BCUT2D eigenvalue weighted by Gasteiger charge is -2.54. The standard InChI is InChI=1S/C12H15FN2O3/c1-12(2)4-9(15(12)11(17)18)10(16)7-3-8(13)6-14-5-7/h3,5-6,9-10,16H,4H2,1-2H3,(H,17,18)/t9?,10-/m1/s1. The lowest BCUT2D eigenvalue weighted by atomic mass is 9.78. The molecule has 1 amide bonds. The summed E-state index contributed by atoms with van der Waals surface area (Å²) in [6, 6.07) is 0.615. The van der Waals surface area contributed by atoms with Gasteiger partial charge in [0.15, 0.2) is 0 Å². The van der Waals surface area contributed by atoms with Gasteiger partial charge in [-0.1, -0.05) is 0 Å². The molecule has 2 heterocycles. The number of carboxylic acid groups (broad SMARTS) is 1. The smallest absolute Gasteiger partial charge is 0.408 e. The maximum Gasteiger partial charge on any atom is 0.408 e. The molecule has 1 fully saturated rings. The molecule has 0 aromatic carbocycles. The number of aliphatic hydroxyl groups excluding tert-OH is 1. The van der Waals surface area contributed by atoms with Crippen LogP contribution in [0.2, 0.25) is 0 Å². The quantitative estimate of drug-likeness (QED) is 0.843. The molecule has 0 aliphatic carbocycles. The molecule has 0 bridgehead atoms. The molecule has 0 saturated carbocycles. The third kappa shape index (κ3) is 2.03. The zero-order valence-corrected chi connectivity index (χ0v) is 10.2. The highest BCUT2D eigenvalue weighted by Crippen LogP contribution is 2.42. The van der Waals surface area contributed by atoms with Gasteiger partial charge in [-0.2, -0.15) is 0 Å². The van der Waals surface area contributed by atoms with Gasteiger partial charge in [0.2, 0.25) is 0 Å². The number of halogens is 1. The number of pyridine rings is 1. The van der Waals surface area contributed by atoms with Crippen molar-refractivity contribution >= 4 is 6.09 Å².